The van der Waals surface area contributed by atoms with Gasteiger partial charge in [-0.05, 0) is 6.92 Å². The quantitative estimate of drug-likeness (QED) is 0.901. The lowest BCUT2D eigenvalue weighted by Gasteiger charge is -2.00. The van der Waals surface area contributed by atoms with E-state index in [1.807, 2.05) is 42.6 Å². The van der Waals surface area contributed by atoms with Crippen LogP contribution < -0.4 is 5.32 Å². The zero-order chi connectivity index (χ0) is 12.8. The minimum atomic E-state index is -0.175. The number of ether oxygens (including phenoxy) is 1. The van der Waals surface area contributed by atoms with Crippen LogP contribution in [0.5, 0.6) is 0 Å². The Morgan fingerprint density at radius 1 is 1.39 bits per heavy atom. The van der Waals surface area contributed by atoms with Crippen molar-refractivity contribution >= 4 is 22.4 Å². The summed E-state index contributed by atoms with van der Waals surface area (Å²) in [5.74, 6) is -0.175. The number of carbonyl (C=O) groups excluding carboxylic acids is 1. The number of aromatic nitrogens is 1. The van der Waals surface area contributed by atoms with Gasteiger partial charge in [-0.1, -0.05) is 30.3 Å². The predicted octanol–water partition coefficient (Wildman–Crippen LogP) is 2.79. The molecule has 0 saturated carbocycles. The van der Waals surface area contributed by atoms with Crippen molar-refractivity contribution in [3.05, 3.63) is 35.7 Å². The molecule has 18 heavy (non-hydrogen) atoms. The zero-order valence-corrected chi connectivity index (χ0v) is 10.9. The number of benzene rings is 1. The number of hydrogen-bond donors (Lipinski definition) is 1. The van der Waals surface area contributed by atoms with E-state index in [9.17, 15) is 4.79 Å². The number of amides is 1. The van der Waals surface area contributed by atoms with Crippen LogP contribution in [0.15, 0.2) is 35.7 Å². The Balaban J connectivity index is 2.00. The first-order valence-electron chi connectivity index (χ1n) is 5.68. The maximum Gasteiger partial charge on any atom is 0.252 e. The van der Waals surface area contributed by atoms with Crippen LogP contribution in [0.25, 0.3) is 11.3 Å². The second-order valence-corrected chi connectivity index (χ2v) is 4.45. The minimum Gasteiger partial charge on any atom is -0.372 e. The third-order valence-corrected chi connectivity index (χ3v) is 3.02. The van der Waals surface area contributed by atoms with Crippen molar-refractivity contribution in [3.8, 4) is 11.3 Å². The number of nitrogens with zero attached hydrogens (tertiary/aromatic N) is 1. The average molecular weight is 262 g/mol. The van der Waals surface area contributed by atoms with Gasteiger partial charge >= 0.3 is 0 Å². The summed E-state index contributed by atoms with van der Waals surface area (Å²) in [6.07, 6.45) is 0. The average Bonchev–Trinajstić information content (AvgIpc) is 2.86. The number of thiazole rings is 1. The number of rotatable bonds is 5. The van der Waals surface area contributed by atoms with Gasteiger partial charge in [-0.2, -0.15) is 0 Å². The monoisotopic (exact) mass is 262 g/mol. The molecule has 94 valence electrons. The number of nitrogens with one attached hydrogen (secondary N) is 1. The van der Waals surface area contributed by atoms with E-state index in [2.05, 4.69) is 10.3 Å². The summed E-state index contributed by atoms with van der Waals surface area (Å²) in [6, 6.07) is 9.85. The molecule has 0 bridgehead atoms. The van der Waals surface area contributed by atoms with E-state index < -0.39 is 0 Å². The Labute approximate surface area is 110 Å². The summed E-state index contributed by atoms with van der Waals surface area (Å²) in [5.41, 5.74) is 1.91. The Kier molecular flexibility index (Phi) is 4.44. The fraction of sp³-hybridized carbons (Fsp3) is 0.231. The maximum atomic E-state index is 11.4. The van der Waals surface area contributed by atoms with Crippen molar-refractivity contribution in [1.29, 1.82) is 0 Å². The van der Waals surface area contributed by atoms with Crippen LogP contribution in [0.2, 0.25) is 0 Å². The van der Waals surface area contributed by atoms with Gasteiger partial charge in [0, 0.05) is 17.6 Å². The molecule has 4 nitrogen and oxygen atoms in total. The van der Waals surface area contributed by atoms with E-state index in [1.165, 1.54) is 11.3 Å². The van der Waals surface area contributed by atoms with Gasteiger partial charge in [-0.3, -0.25) is 10.1 Å². The molecule has 1 aromatic heterocycles. The second-order valence-electron chi connectivity index (χ2n) is 3.59. The molecule has 1 heterocycles. The molecule has 0 atom stereocenters. The standard InChI is InChI=1S/C13H14N2O2S/c1-2-17-8-12(16)15-13-14-11(9-18-13)10-6-4-3-5-7-10/h3-7,9H,2,8H2,1H3,(H,14,15,16). The van der Waals surface area contributed by atoms with Crippen LogP contribution in [0.4, 0.5) is 5.13 Å². The van der Waals surface area contributed by atoms with Gasteiger partial charge < -0.3 is 4.74 Å². The first-order valence-corrected chi connectivity index (χ1v) is 6.56. The molecule has 5 heteroatoms. The molecule has 0 spiro atoms. The van der Waals surface area contributed by atoms with Crippen molar-refractivity contribution in [3.63, 3.8) is 0 Å². The molecule has 0 radical (unpaired) electrons. The smallest absolute Gasteiger partial charge is 0.252 e. The molecule has 0 aliphatic carbocycles. The summed E-state index contributed by atoms with van der Waals surface area (Å²) in [5, 5.41) is 5.23. The topological polar surface area (TPSA) is 51.2 Å². The maximum absolute atomic E-state index is 11.4. The van der Waals surface area contributed by atoms with Crippen LogP contribution in [0.3, 0.4) is 0 Å². The summed E-state index contributed by atoms with van der Waals surface area (Å²) in [6.45, 7) is 2.45. The molecule has 0 saturated heterocycles. The summed E-state index contributed by atoms with van der Waals surface area (Å²) in [7, 11) is 0. The Morgan fingerprint density at radius 3 is 2.89 bits per heavy atom. The van der Waals surface area contributed by atoms with Gasteiger partial charge in [0.05, 0.1) is 5.69 Å². The predicted molar refractivity (Wildman–Crippen MR) is 72.7 cm³/mol. The Bertz CT molecular complexity index is 511. The van der Waals surface area contributed by atoms with Crippen molar-refractivity contribution in [2.24, 2.45) is 0 Å². The summed E-state index contributed by atoms with van der Waals surface area (Å²) >= 11 is 1.41. The Morgan fingerprint density at radius 2 is 2.17 bits per heavy atom. The van der Waals surface area contributed by atoms with Gasteiger partial charge in [0.2, 0.25) is 0 Å². The van der Waals surface area contributed by atoms with Crippen molar-refractivity contribution < 1.29 is 9.53 Å². The summed E-state index contributed by atoms with van der Waals surface area (Å²) in [4.78, 5) is 15.8. The molecule has 0 fully saturated rings. The largest absolute Gasteiger partial charge is 0.372 e. The molecule has 1 amide bonds. The van der Waals surface area contributed by atoms with E-state index in [0.29, 0.717) is 11.7 Å². The zero-order valence-electron chi connectivity index (χ0n) is 10.1. The highest BCUT2D eigenvalue weighted by molar-refractivity contribution is 7.14. The van der Waals surface area contributed by atoms with Gasteiger partial charge in [-0.15, -0.1) is 11.3 Å². The van der Waals surface area contributed by atoms with Gasteiger partial charge in [-0.25, -0.2) is 4.98 Å². The molecule has 2 rings (SSSR count). The lowest BCUT2D eigenvalue weighted by atomic mass is 10.2. The van der Waals surface area contributed by atoms with Crippen LogP contribution in [0.1, 0.15) is 6.92 Å². The SMILES string of the molecule is CCOCC(=O)Nc1nc(-c2ccccc2)cs1. The molecular formula is C13H14N2O2S. The molecule has 1 N–H and O–H groups in total. The van der Waals surface area contributed by atoms with Crippen LogP contribution in [-0.4, -0.2) is 24.1 Å². The highest BCUT2D eigenvalue weighted by atomic mass is 32.1. The third-order valence-electron chi connectivity index (χ3n) is 2.26. The van der Waals surface area contributed by atoms with Crippen molar-refractivity contribution in [2.45, 2.75) is 6.92 Å². The van der Waals surface area contributed by atoms with Gasteiger partial charge in [0.15, 0.2) is 5.13 Å². The fourth-order valence-corrected chi connectivity index (χ4v) is 2.16. The number of hydrogen-bond acceptors (Lipinski definition) is 4. The molecular weight excluding hydrogens is 248 g/mol. The molecule has 0 aliphatic heterocycles. The fourth-order valence-electron chi connectivity index (χ4n) is 1.42. The van der Waals surface area contributed by atoms with E-state index in [-0.39, 0.29) is 12.5 Å². The first-order chi connectivity index (χ1) is 8.79. The highest BCUT2D eigenvalue weighted by Gasteiger charge is 2.07. The van der Waals surface area contributed by atoms with Crippen molar-refractivity contribution in [1.82, 2.24) is 4.98 Å². The van der Waals surface area contributed by atoms with Gasteiger partial charge in [0.1, 0.15) is 6.61 Å². The van der Waals surface area contributed by atoms with Gasteiger partial charge in [0.25, 0.3) is 5.91 Å². The van der Waals surface area contributed by atoms with E-state index in [0.717, 1.165) is 11.3 Å². The van der Waals surface area contributed by atoms with Crippen LogP contribution in [-0.2, 0) is 9.53 Å². The molecule has 0 unspecified atom stereocenters. The molecule has 2 aromatic rings. The van der Waals surface area contributed by atoms with E-state index >= 15 is 0 Å². The minimum absolute atomic E-state index is 0.0662. The molecule has 0 aliphatic rings. The Hall–Kier alpha value is -1.72. The third kappa shape index (κ3) is 3.38. The lowest BCUT2D eigenvalue weighted by molar-refractivity contribution is -0.120. The first kappa shape index (κ1) is 12.7. The van der Waals surface area contributed by atoms with Crippen molar-refractivity contribution in [2.75, 3.05) is 18.5 Å². The molecule has 1 aromatic carbocycles. The highest BCUT2D eigenvalue weighted by Crippen LogP contribution is 2.24. The van der Waals surface area contributed by atoms with Crippen LogP contribution >= 0.6 is 11.3 Å². The number of carbonyl (C=O) groups is 1. The van der Waals surface area contributed by atoms with E-state index in [4.69, 9.17) is 4.74 Å². The van der Waals surface area contributed by atoms with Crippen LogP contribution in [0, 0.1) is 0 Å². The second kappa shape index (κ2) is 6.28. The number of anilines is 1. The normalized spacial score (nSPS) is 10.3. The van der Waals surface area contributed by atoms with E-state index in [1.54, 1.807) is 0 Å². The summed E-state index contributed by atoms with van der Waals surface area (Å²) < 4.78 is 5.02. The lowest BCUT2D eigenvalue weighted by Crippen LogP contribution is -2.17.